The van der Waals surface area contributed by atoms with Crippen LogP contribution >= 0.6 is 0 Å². The topological polar surface area (TPSA) is 0 Å². The summed E-state index contributed by atoms with van der Waals surface area (Å²) in [6, 6.07) is 10.8. The van der Waals surface area contributed by atoms with Crippen molar-refractivity contribution in [3.05, 3.63) is 54.5 Å². The third kappa shape index (κ3) is 1.39. The quantitative estimate of drug-likeness (QED) is 0.655. The molecule has 2 rings (SSSR count). The number of hydrogen-bond donors (Lipinski definition) is 0. The van der Waals surface area contributed by atoms with Crippen molar-refractivity contribution in [1.29, 1.82) is 0 Å². The standard InChI is InChI=1S/C14H17/c1-3-12-10-7-11-14(12,2)13-8-5-4-6-9-13/h3-6,8-9H,1,7,10-11H2,2H3. The van der Waals surface area contributed by atoms with Gasteiger partial charge in [-0.3, -0.25) is 0 Å². The Kier molecular flexibility index (Phi) is 2.45. The molecule has 0 N–H and O–H groups in total. The summed E-state index contributed by atoms with van der Waals surface area (Å²) in [4.78, 5) is 0. The molecular formula is C14H17. The van der Waals surface area contributed by atoms with Gasteiger partial charge in [-0.05, 0) is 18.4 Å². The van der Waals surface area contributed by atoms with E-state index in [0.29, 0.717) is 0 Å². The van der Waals surface area contributed by atoms with E-state index in [2.05, 4.69) is 49.9 Å². The van der Waals surface area contributed by atoms with E-state index in [4.69, 9.17) is 0 Å². The van der Waals surface area contributed by atoms with Crippen molar-refractivity contribution in [3.8, 4) is 0 Å². The zero-order chi connectivity index (χ0) is 10.0. The third-order valence-corrected chi connectivity index (χ3v) is 3.49. The van der Waals surface area contributed by atoms with Gasteiger partial charge in [-0.2, -0.15) is 0 Å². The van der Waals surface area contributed by atoms with Crippen LogP contribution in [0.2, 0.25) is 0 Å². The molecule has 0 aromatic heterocycles. The Hall–Kier alpha value is -1.04. The molecule has 1 saturated carbocycles. The summed E-state index contributed by atoms with van der Waals surface area (Å²) in [6.45, 7) is 6.27. The SMILES string of the molecule is C=C[C]1CCCC1(C)c1ccccc1. The highest BCUT2D eigenvalue weighted by Crippen LogP contribution is 2.47. The molecule has 1 radical (unpaired) electrons. The minimum atomic E-state index is 0.253. The first-order valence-corrected chi connectivity index (χ1v) is 5.31. The maximum absolute atomic E-state index is 3.93. The molecule has 0 aliphatic heterocycles. The monoisotopic (exact) mass is 185 g/mol. The Labute approximate surface area is 86.7 Å². The molecule has 1 aliphatic rings. The second-order valence-electron chi connectivity index (χ2n) is 4.28. The second kappa shape index (κ2) is 3.61. The van der Waals surface area contributed by atoms with Gasteiger partial charge in [0.15, 0.2) is 0 Å². The van der Waals surface area contributed by atoms with Crippen LogP contribution in [0.25, 0.3) is 0 Å². The molecule has 0 heteroatoms. The van der Waals surface area contributed by atoms with Gasteiger partial charge >= 0.3 is 0 Å². The fourth-order valence-corrected chi connectivity index (χ4v) is 2.53. The van der Waals surface area contributed by atoms with Gasteiger partial charge in [0.25, 0.3) is 0 Å². The number of allylic oxidation sites excluding steroid dienone is 1. The van der Waals surface area contributed by atoms with Crippen molar-refractivity contribution < 1.29 is 0 Å². The lowest BCUT2D eigenvalue weighted by atomic mass is 9.74. The fourth-order valence-electron chi connectivity index (χ4n) is 2.53. The van der Waals surface area contributed by atoms with E-state index >= 15 is 0 Å². The van der Waals surface area contributed by atoms with Crippen LogP contribution in [0.5, 0.6) is 0 Å². The van der Waals surface area contributed by atoms with Gasteiger partial charge in [0.05, 0.1) is 0 Å². The van der Waals surface area contributed by atoms with Crippen molar-refractivity contribution in [1.82, 2.24) is 0 Å². The lowest BCUT2D eigenvalue weighted by Gasteiger charge is -2.29. The first-order chi connectivity index (χ1) is 6.77. The molecule has 0 spiro atoms. The van der Waals surface area contributed by atoms with Gasteiger partial charge in [0, 0.05) is 11.3 Å². The van der Waals surface area contributed by atoms with Crippen LogP contribution < -0.4 is 0 Å². The highest BCUT2D eigenvalue weighted by atomic mass is 14.4. The first kappa shape index (κ1) is 9.51. The van der Waals surface area contributed by atoms with Crippen LogP contribution in [0.1, 0.15) is 31.7 Å². The van der Waals surface area contributed by atoms with Crippen molar-refractivity contribution in [2.75, 3.05) is 0 Å². The zero-order valence-corrected chi connectivity index (χ0v) is 8.79. The second-order valence-corrected chi connectivity index (χ2v) is 4.28. The molecule has 0 amide bonds. The minimum absolute atomic E-state index is 0.253. The van der Waals surface area contributed by atoms with E-state index in [1.807, 2.05) is 0 Å². The van der Waals surface area contributed by atoms with E-state index in [1.54, 1.807) is 0 Å². The molecule has 73 valence electrons. The van der Waals surface area contributed by atoms with Gasteiger partial charge in [-0.25, -0.2) is 0 Å². The first-order valence-electron chi connectivity index (χ1n) is 5.31. The molecule has 0 saturated heterocycles. The average molecular weight is 185 g/mol. The van der Waals surface area contributed by atoms with Crippen LogP contribution in [-0.2, 0) is 5.41 Å². The summed E-state index contributed by atoms with van der Waals surface area (Å²) in [5.74, 6) is 1.50. The lowest BCUT2D eigenvalue weighted by molar-refractivity contribution is 0.539. The predicted molar refractivity (Wildman–Crippen MR) is 61.1 cm³/mol. The summed E-state index contributed by atoms with van der Waals surface area (Å²) >= 11 is 0. The molecular weight excluding hydrogens is 168 g/mol. The summed E-state index contributed by atoms with van der Waals surface area (Å²) in [6.07, 6.45) is 5.83. The molecule has 1 aromatic carbocycles. The number of benzene rings is 1. The molecule has 1 unspecified atom stereocenters. The van der Waals surface area contributed by atoms with Crippen LogP contribution in [0.4, 0.5) is 0 Å². The molecule has 1 fully saturated rings. The molecule has 1 aliphatic carbocycles. The van der Waals surface area contributed by atoms with E-state index in [9.17, 15) is 0 Å². The van der Waals surface area contributed by atoms with Crippen molar-refractivity contribution in [3.63, 3.8) is 0 Å². The fraction of sp³-hybridized carbons (Fsp3) is 0.357. The number of rotatable bonds is 2. The van der Waals surface area contributed by atoms with Gasteiger partial charge in [-0.1, -0.05) is 49.8 Å². The highest BCUT2D eigenvalue weighted by molar-refractivity contribution is 5.38. The minimum Gasteiger partial charge on any atom is -0.102 e. The van der Waals surface area contributed by atoms with Gasteiger partial charge < -0.3 is 0 Å². The predicted octanol–water partition coefficient (Wildman–Crippen LogP) is 3.89. The van der Waals surface area contributed by atoms with Crippen LogP contribution in [0.3, 0.4) is 0 Å². The Morgan fingerprint density at radius 3 is 2.64 bits per heavy atom. The Balaban J connectivity index is 2.36. The van der Waals surface area contributed by atoms with Crippen LogP contribution in [0, 0.1) is 5.92 Å². The molecule has 0 heterocycles. The summed E-state index contributed by atoms with van der Waals surface area (Å²) in [7, 11) is 0. The van der Waals surface area contributed by atoms with Gasteiger partial charge in [0.1, 0.15) is 0 Å². The largest absolute Gasteiger partial charge is 0.102 e. The van der Waals surface area contributed by atoms with Crippen molar-refractivity contribution in [2.45, 2.75) is 31.6 Å². The Morgan fingerprint density at radius 2 is 2.00 bits per heavy atom. The van der Waals surface area contributed by atoms with Gasteiger partial charge in [-0.15, -0.1) is 6.58 Å². The number of hydrogen-bond acceptors (Lipinski definition) is 0. The van der Waals surface area contributed by atoms with E-state index < -0.39 is 0 Å². The average Bonchev–Trinajstić information content (AvgIpc) is 2.62. The molecule has 14 heavy (non-hydrogen) atoms. The molecule has 0 nitrogen and oxygen atoms in total. The molecule has 1 atom stereocenters. The summed E-state index contributed by atoms with van der Waals surface area (Å²) in [5.41, 5.74) is 1.69. The summed E-state index contributed by atoms with van der Waals surface area (Å²) < 4.78 is 0. The van der Waals surface area contributed by atoms with Crippen molar-refractivity contribution in [2.24, 2.45) is 0 Å². The third-order valence-electron chi connectivity index (χ3n) is 3.49. The van der Waals surface area contributed by atoms with E-state index in [-0.39, 0.29) is 5.41 Å². The summed E-state index contributed by atoms with van der Waals surface area (Å²) in [5, 5.41) is 0. The zero-order valence-electron chi connectivity index (χ0n) is 8.79. The lowest BCUT2D eigenvalue weighted by Crippen LogP contribution is -2.23. The Bertz CT molecular complexity index is 312. The normalized spacial score (nSPS) is 27.8. The van der Waals surface area contributed by atoms with Crippen molar-refractivity contribution >= 4 is 0 Å². The molecule has 1 aromatic rings. The van der Waals surface area contributed by atoms with Gasteiger partial charge in [0.2, 0.25) is 0 Å². The maximum Gasteiger partial charge on any atom is 0.00725 e. The smallest absolute Gasteiger partial charge is 0.00725 e. The highest BCUT2D eigenvalue weighted by Gasteiger charge is 2.38. The maximum atomic E-state index is 3.93. The van der Waals surface area contributed by atoms with Crippen LogP contribution in [-0.4, -0.2) is 0 Å². The Morgan fingerprint density at radius 1 is 1.29 bits per heavy atom. The molecule has 0 bridgehead atoms. The van der Waals surface area contributed by atoms with Crippen LogP contribution in [0.15, 0.2) is 43.0 Å². The van der Waals surface area contributed by atoms with E-state index in [0.717, 1.165) is 0 Å². The van der Waals surface area contributed by atoms with E-state index in [1.165, 1.54) is 30.7 Å².